The Morgan fingerprint density at radius 3 is 2.55 bits per heavy atom. The van der Waals surface area contributed by atoms with E-state index in [0.29, 0.717) is 11.5 Å². The van der Waals surface area contributed by atoms with Crippen LogP contribution in [-0.4, -0.2) is 25.5 Å². The molecule has 0 saturated heterocycles. The van der Waals surface area contributed by atoms with Crippen LogP contribution < -0.4 is 5.32 Å². The van der Waals surface area contributed by atoms with Crippen LogP contribution in [0.25, 0.3) is 11.4 Å². The summed E-state index contributed by atoms with van der Waals surface area (Å²) in [5, 5.41) is 11.3. The van der Waals surface area contributed by atoms with Crippen LogP contribution >= 0.6 is 0 Å². The van der Waals surface area contributed by atoms with E-state index in [1.807, 2.05) is 43.5 Å². The molecule has 1 N–H and O–H groups in total. The number of aromatic nitrogens is 4. The molecule has 0 aliphatic rings. The zero-order chi connectivity index (χ0) is 20.5. The summed E-state index contributed by atoms with van der Waals surface area (Å²) in [4.78, 5) is 12.7. The van der Waals surface area contributed by atoms with Gasteiger partial charge in [-0.25, -0.2) is 18.1 Å². The van der Waals surface area contributed by atoms with Crippen LogP contribution in [0.2, 0.25) is 0 Å². The summed E-state index contributed by atoms with van der Waals surface area (Å²) in [7, 11) is 0. The van der Waals surface area contributed by atoms with Gasteiger partial charge in [0.25, 0.3) is 5.91 Å². The van der Waals surface area contributed by atoms with Gasteiger partial charge in [0.15, 0.2) is 11.6 Å². The van der Waals surface area contributed by atoms with Gasteiger partial charge < -0.3 is 5.32 Å². The van der Waals surface area contributed by atoms with Crippen LogP contribution in [0.4, 0.5) is 14.6 Å². The molecular weight excluding hydrogens is 376 g/mol. The third kappa shape index (κ3) is 3.52. The highest BCUT2D eigenvalue weighted by Gasteiger charge is 2.19. The minimum absolute atomic E-state index is 0.0625. The molecule has 0 atom stereocenters. The fourth-order valence-corrected chi connectivity index (χ4v) is 3.00. The Kier molecular flexibility index (Phi) is 4.67. The number of benzene rings is 2. The van der Waals surface area contributed by atoms with Crippen molar-refractivity contribution >= 4 is 11.7 Å². The van der Waals surface area contributed by atoms with Crippen LogP contribution in [0.5, 0.6) is 0 Å². The van der Waals surface area contributed by atoms with Crippen molar-refractivity contribution in [3.63, 3.8) is 0 Å². The highest BCUT2D eigenvalue weighted by Crippen LogP contribution is 2.20. The molecule has 8 heteroatoms. The maximum absolute atomic E-state index is 14.1. The maximum Gasteiger partial charge on any atom is 0.260 e. The van der Waals surface area contributed by atoms with Gasteiger partial charge in [-0.2, -0.15) is 5.10 Å². The summed E-state index contributed by atoms with van der Waals surface area (Å²) >= 11 is 0. The first-order valence-corrected chi connectivity index (χ1v) is 8.87. The van der Waals surface area contributed by atoms with Gasteiger partial charge in [0, 0.05) is 17.8 Å². The van der Waals surface area contributed by atoms with Crippen molar-refractivity contribution in [3.8, 4) is 11.4 Å². The van der Waals surface area contributed by atoms with E-state index in [1.165, 1.54) is 16.9 Å². The Balaban J connectivity index is 1.60. The van der Waals surface area contributed by atoms with Gasteiger partial charge in [-0.15, -0.1) is 5.10 Å². The van der Waals surface area contributed by atoms with Crippen molar-refractivity contribution in [1.29, 1.82) is 0 Å². The van der Waals surface area contributed by atoms with Crippen LogP contribution in [0.3, 0.4) is 0 Å². The Labute approximate surface area is 165 Å². The summed E-state index contributed by atoms with van der Waals surface area (Å²) in [6.45, 7) is 3.48. The second kappa shape index (κ2) is 7.31. The van der Waals surface area contributed by atoms with E-state index in [2.05, 4.69) is 15.5 Å². The van der Waals surface area contributed by atoms with Gasteiger partial charge in [-0.3, -0.25) is 4.79 Å². The Hall–Kier alpha value is -3.81. The fraction of sp³-hybridized carbons (Fsp3) is 0.0952. The number of carbonyl (C=O) groups excluding carboxylic acids is 1. The summed E-state index contributed by atoms with van der Waals surface area (Å²) < 4.78 is 30.2. The van der Waals surface area contributed by atoms with E-state index in [0.717, 1.165) is 23.4 Å². The van der Waals surface area contributed by atoms with Crippen molar-refractivity contribution in [2.24, 2.45) is 0 Å². The molecule has 29 heavy (non-hydrogen) atoms. The molecule has 4 rings (SSSR count). The SMILES string of the molecule is Cc1cn(-c2ccccc2)nc1NC(=O)c1cnn(-c2ccc(F)cc2F)c1C. The first-order chi connectivity index (χ1) is 13.9. The second-order valence-electron chi connectivity index (χ2n) is 6.55. The molecule has 0 aliphatic heterocycles. The van der Waals surface area contributed by atoms with Crippen LogP contribution in [0, 0.1) is 25.5 Å². The van der Waals surface area contributed by atoms with Gasteiger partial charge >= 0.3 is 0 Å². The van der Waals surface area contributed by atoms with Gasteiger partial charge in [-0.1, -0.05) is 18.2 Å². The van der Waals surface area contributed by atoms with Crippen molar-refractivity contribution in [2.45, 2.75) is 13.8 Å². The highest BCUT2D eigenvalue weighted by atomic mass is 19.1. The van der Waals surface area contributed by atoms with E-state index in [9.17, 15) is 13.6 Å². The zero-order valence-electron chi connectivity index (χ0n) is 15.7. The molecule has 0 aliphatic carbocycles. The van der Waals surface area contributed by atoms with Crippen LogP contribution in [-0.2, 0) is 0 Å². The number of halogens is 2. The van der Waals surface area contributed by atoms with Gasteiger partial charge in [0.05, 0.1) is 23.1 Å². The lowest BCUT2D eigenvalue weighted by Crippen LogP contribution is -2.14. The van der Waals surface area contributed by atoms with E-state index >= 15 is 0 Å². The number of aryl methyl sites for hydroxylation is 1. The Morgan fingerprint density at radius 1 is 1.07 bits per heavy atom. The number of carbonyl (C=O) groups is 1. The molecule has 0 fully saturated rings. The van der Waals surface area contributed by atoms with Crippen molar-refractivity contribution in [2.75, 3.05) is 5.32 Å². The molecule has 1 amide bonds. The molecule has 0 spiro atoms. The standard InChI is InChI=1S/C21H17F2N5O/c1-13-12-27(16-6-4-3-5-7-16)26-20(13)25-21(29)17-11-24-28(14(17)2)19-9-8-15(22)10-18(19)23/h3-12H,1-2H3,(H,25,26,29). The summed E-state index contributed by atoms with van der Waals surface area (Å²) in [5.74, 6) is -1.45. The van der Waals surface area contributed by atoms with E-state index < -0.39 is 17.5 Å². The lowest BCUT2D eigenvalue weighted by atomic mass is 10.2. The molecule has 2 aromatic heterocycles. The number of hydrogen-bond acceptors (Lipinski definition) is 3. The topological polar surface area (TPSA) is 64.7 Å². The smallest absolute Gasteiger partial charge is 0.260 e. The minimum atomic E-state index is -0.763. The first kappa shape index (κ1) is 18.5. The number of anilines is 1. The molecule has 0 radical (unpaired) electrons. The van der Waals surface area contributed by atoms with E-state index in [-0.39, 0.29) is 11.3 Å². The number of para-hydroxylation sites is 1. The molecule has 0 saturated carbocycles. The lowest BCUT2D eigenvalue weighted by Gasteiger charge is -2.07. The predicted octanol–water partition coefficient (Wildman–Crippen LogP) is 4.21. The average Bonchev–Trinajstić information content (AvgIpc) is 3.26. The third-order valence-corrected chi connectivity index (χ3v) is 4.54. The largest absolute Gasteiger partial charge is 0.305 e. The number of rotatable bonds is 4. The monoisotopic (exact) mass is 393 g/mol. The van der Waals surface area contributed by atoms with E-state index in [1.54, 1.807) is 11.6 Å². The fourth-order valence-electron chi connectivity index (χ4n) is 3.00. The quantitative estimate of drug-likeness (QED) is 0.565. The molecule has 0 bridgehead atoms. The normalized spacial score (nSPS) is 10.9. The zero-order valence-corrected chi connectivity index (χ0v) is 15.7. The summed E-state index contributed by atoms with van der Waals surface area (Å²) in [6, 6.07) is 12.7. The van der Waals surface area contributed by atoms with E-state index in [4.69, 9.17) is 0 Å². The number of nitrogens with zero attached hydrogens (tertiary/aromatic N) is 4. The molecule has 6 nitrogen and oxygen atoms in total. The lowest BCUT2D eigenvalue weighted by molar-refractivity contribution is 0.102. The van der Waals surface area contributed by atoms with Crippen molar-refractivity contribution in [3.05, 3.63) is 89.4 Å². The minimum Gasteiger partial charge on any atom is -0.305 e. The second-order valence-corrected chi connectivity index (χ2v) is 6.55. The van der Waals surface area contributed by atoms with Crippen molar-refractivity contribution in [1.82, 2.24) is 19.6 Å². The maximum atomic E-state index is 14.1. The molecule has 2 heterocycles. The average molecular weight is 393 g/mol. The van der Waals surface area contributed by atoms with Gasteiger partial charge in [0.2, 0.25) is 0 Å². The first-order valence-electron chi connectivity index (χ1n) is 8.87. The number of amides is 1. The van der Waals surface area contributed by atoms with Gasteiger partial charge in [0.1, 0.15) is 11.5 Å². The number of hydrogen-bond donors (Lipinski definition) is 1. The molecule has 0 unspecified atom stereocenters. The van der Waals surface area contributed by atoms with Crippen molar-refractivity contribution < 1.29 is 13.6 Å². The molecule has 4 aromatic rings. The van der Waals surface area contributed by atoms with Gasteiger partial charge in [-0.05, 0) is 38.1 Å². The molecular formula is C21H17F2N5O. The highest BCUT2D eigenvalue weighted by molar-refractivity contribution is 6.04. The Bertz CT molecular complexity index is 1200. The van der Waals surface area contributed by atoms with Crippen LogP contribution in [0.1, 0.15) is 21.6 Å². The third-order valence-electron chi connectivity index (χ3n) is 4.54. The van der Waals surface area contributed by atoms with Crippen LogP contribution in [0.15, 0.2) is 60.9 Å². The predicted molar refractivity (Wildman–Crippen MR) is 104 cm³/mol. The Morgan fingerprint density at radius 2 is 1.83 bits per heavy atom. The number of nitrogens with one attached hydrogen (secondary N) is 1. The summed E-state index contributed by atoms with van der Waals surface area (Å²) in [6.07, 6.45) is 3.16. The molecule has 146 valence electrons. The molecule has 2 aromatic carbocycles. The summed E-state index contributed by atoms with van der Waals surface area (Å²) in [5.41, 5.74) is 2.41.